The number of hydrogen-bond donors (Lipinski definition) is 0. The van der Waals surface area contributed by atoms with Gasteiger partial charge < -0.3 is 9.47 Å². The van der Waals surface area contributed by atoms with E-state index in [1.54, 1.807) is 6.07 Å². The first-order valence-corrected chi connectivity index (χ1v) is 7.77. The molecule has 22 heavy (non-hydrogen) atoms. The van der Waals surface area contributed by atoms with Crippen LogP contribution in [0.5, 0.6) is 5.75 Å². The lowest BCUT2D eigenvalue weighted by Crippen LogP contribution is -2.40. The number of ether oxygens (including phenoxy) is 2. The molecule has 1 aliphatic rings. The van der Waals surface area contributed by atoms with Crippen LogP contribution in [0.2, 0.25) is 0 Å². The molecule has 1 aromatic rings. The van der Waals surface area contributed by atoms with Crippen LogP contribution in [0.25, 0.3) is 0 Å². The standard InChI is InChI=1S/C12H13N3O6S/c13-3-6-21-12-2-1-10(9-11(12)15(16)17)22(18,19)14-4-7-20-8-5-14/h1-2,9H,4-8H2. The van der Waals surface area contributed by atoms with E-state index in [2.05, 4.69) is 0 Å². The summed E-state index contributed by atoms with van der Waals surface area (Å²) >= 11 is 0. The van der Waals surface area contributed by atoms with Crippen LogP contribution < -0.4 is 4.74 Å². The molecule has 2 rings (SSSR count). The second kappa shape index (κ2) is 6.69. The molecule has 1 aliphatic heterocycles. The van der Waals surface area contributed by atoms with Crippen LogP contribution in [0.4, 0.5) is 5.69 Å². The van der Waals surface area contributed by atoms with E-state index in [0.29, 0.717) is 0 Å². The Morgan fingerprint density at radius 1 is 1.41 bits per heavy atom. The highest BCUT2D eigenvalue weighted by atomic mass is 32.2. The lowest BCUT2D eigenvalue weighted by molar-refractivity contribution is -0.386. The average Bonchev–Trinajstić information content (AvgIpc) is 2.53. The zero-order valence-electron chi connectivity index (χ0n) is 11.5. The Kier molecular flexibility index (Phi) is 4.92. The molecule has 0 N–H and O–H groups in total. The molecule has 10 heteroatoms. The Balaban J connectivity index is 2.37. The number of nitrogens with zero attached hydrogens (tertiary/aromatic N) is 3. The van der Waals surface area contributed by atoms with Crippen molar-refractivity contribution in [2.24, 2.45) is 0 Å². The Morgan fingerprint density at radius 3 is 2.68 bits per heavy atom. The van der Waals surface area contributed by atoms with Gasteiger partial charge in [-0.25, -0.2) is 8.42 Å². The Morgan fingerprint density at radius 2 is 2.09 bits per heavy atom. The van der Waals surface area contributed by atoms with Crippen LogP contribution >= 0.6 is 0 Å². The van der Waals surface area contributed by atoms with Crippen molar-refractivity contribution in [3.05, 3.63) is 28.3 Å². The fourth-order valence-corrected chi connectivity index (χ4v) is 3.40. The molecule has 118 valence electrons. The molecule has 0 bridgehead atoms. The minimum Gasteiger partial charge on any atom is -0.472 e. The first-order chi connectivity index (χ1) is 10.5. The van der Waals surface area contributed by atoms with E-state index in [0.717, 1.165) is 6.07 Å². The minimum absolute atomic E-state index is 0.146. The molecule has 0 saturated carbocycles. The van der Waals surface area contributed by atoms with Crippen LogP contribution in [0.15, 0.2) is 23.1 Å². The molecule has 0 spiro atoms. The van der Waals surface area contributed by atoms with Gasteiger partial charge in [0.25, 0.3) is 0 Å². The summed E-state index contributed by atoms with van der Waals surface area (Å²) in [5, 5.41) is 19.5. The summed E-state index contributed by atoms with van der Waals surface area (Å²) in [4.78, 5) is 10.1. The van der Waals surface area contributed by atoms with Crippen molar-refractivity contribution in [1.29, 1.82) is 5.26 Å². The quantitative estimate of drug-likeness (QED) is 0.570. The van der Waals surface area contributed by atoms with E-state index in [1.807, 2.05) is 0 Å². The number of morpholine rings is 1. The molecule has 0 radical (unpaired) electrons. The van der Waals surface area contributed by atoms with Gasteiger partial charge >= 0.3 is 5.69 Å². The second-order valence-electron chi connectivity index (χ2n) is 4.35. The summed E-state index contributed by atoms with van der Waals surface area (Å²) in [5.74, 6) is -0.146. The highest BCUT2D eigenvalue weighted by Gasteiger charge is 2.29. The van der Waals surface area contributed by atoms with Gasteiger partial charge in [0.15, 0.2) is 12.4 Å². The molecule has 1 aromatic carbocycles. The predicted octanol–water partition coefficient (Wildman–Crippen LogP) is 0.518. The molecule has 0 atom stereocenters. The van der Waals surface area contributed by atoms with Crippen LogP contribution in [0, 0.1) is 21.4 Å². The van der Waals surface area contributed by atoms with Crippen molar-refractivity contribution >= 4 is 15.7 Å². The third-order valence-corrected chi connectivity index (χ3v) is 4.92. The van der Waals surface area contributed by atoms with E-state index in [9.17, 15) is 18.5 Å². The molecule has 1 saturated heterocycles. The fourth-order valence-electron chi connectivity index (χ4n) is 1.97. The van der Waals surface area contributed by atoms with Crippen LogP contribution in [-0.4, -0.2) is 50.6 Å². The van der Waals surface area contributed by atoms with Crippen molar-refractivity contribution in [1.82, 2.24) is 4.31 Å². The summed E-state index contributed by atoms with van der Waals surface area (Å²) in [6.07, 6.45) is 0. The summed E-state index contributed by atoms with van der Waals surface area (Å²) in [6, 6.07) is 5.05. The summed E-state index contributed by atoms with van der Waals surface area (Å²) < 4.78 is 36.1. The summed E-state index contributed by atoms with van der Waals surface area (Å²) in [5.41, 5.74) is -0.496. The van der Waals surface area contributed by atoms with Crippen LogP contribution in [0.3, 0.4) is 0 Å². The van der Waals surface area contributed by atoms with Gasteiger partial charge in [0.1, 0.15) is 6.07 Å². The Bertz CT molecular complexity index is 706. The molecule has 0 amide bonds. The van der Waals surface area contributed by atoms with Crippen LogP contribution in [0.1, 0.15) is 0 Å². The third-order valence-electron chi connectivity index (χ3n) is 3.03. The Labute approximate surface area is 126 Å². The van der Waals surface area contributed by atoms with Gasteiger partial charge in [0, 0.05) is 19.2 Å². The average molecular weight is 327 g/mol. The molecular weight excluding hydrogens is 314 g/mol. The number of sulfonamides is 1. The lowest BCUT2D eigenvalue weighted by atomic mass is 10.3. The first-order valence-electron chi connectivity index (χ1n) is 6.33. The van der Waals surface area contributed by atoms with Crippen LogP contribution in [-0.2, 0) is 14.8 Å². The highest BCUT2D eigenvalue weighted by molar-refractivity contribution is 7.89. The number of hydrogen-bond acceptors (Lipinski definition) is 7. The number of rotatable bonds is 5. The molecule has 1 heterocycles. The molecule has 9 nitrogen and oxygen atoms in total. The van der Waals surface area contributed by atoms with Gasteiger partial charge in [0.2, 0.25) is 10.0 Å². The molecule has 0 aromatic heterocycles. The highest BCUT2D eigenvalue weighted by Crippen LogP contribution is 2.31. The number of nitro groups is 1. The van der Waals surface area contributed by atoms with E-state index in [-0.39, 0.29) is 43.6 Å². The minimum atomic E-state index is -3.83. The normalized spacial score (nSPS) is 16.0. The van der Waals surface area contributed by atoms with E-state index >= 15 is 0 Å². The number of nitriles is 1. The SMILES string of the molecule is N#CCOc1ccc(S(=O)(=O)N2CCOCC2)cc1[N+](=O)[O-]. The van der Waals surface area contributed by atoms with Crippen molar-refractivity contribution in [2.45, 2.75) is 4.90 Å². The molecule has 0 unspecified atom stereocenters. The number of benzene rings is 1. The fraction of sp³-hybridized carbons (Fsp3) is 0.417. The van der Waals surface area contributed by atoms with E-state index in [4.69, 9.17) is 14.7 Å². The monoisotopic (exact) mass is 327 g/mol. The topological polar surface area (TPSA) is 123 Å². The van der Waals surface area contributed by atoms with Crippen molar-refractivity contribution in [3.8, 4) is 11.8 Å². The molecule has 1 fully saturated rings. The van der Waals surface area contributed by atoms with Crippen molar-refractivity contribution in [2.75, 3.05) is 32.9 Å². The van der Waals surface area contributed by atoms with Gasteiger partial charge in [-0.1, -0.05) is 0 Å². The summed E-state index contributed by atoms with van der Waals surface area (Å²) in [6.45, 7) is 0.595. The first kappa shape index (κ1) is 16.2. The largest absolute Gasteiger partial charge is 0.472 e. The molecule has 0 aliphatic carbocycles. The van der Waals surface area contributed by atoms with Gasteiger partial charge in [-0.15, -0.1) is 0 Å². The zero-order valence-corrected chi connectivity index (χ0v) is 12.3. The Hall–Kier alpha value is -2.22. The van der Waals surface area contributed by atoms with Gasteiger partial charge in [-0.3, -0.25) is 10.1 Å². The lowest BCUT2D eigenvalue weighted by Gasteiger charge is -2.26. The number of nitro benzene ring substituents is 1. The predicted molar refractivity (Wildman–Crippen MR) is 73.8 cm³/mol. The van der Waals surface area contributed by atoms with Crippen molar-refractivity contribution in [3.63, 3.8) is 0 Å². The maximum absolute atomic E-state index is 12.4. The van der Waals surface area contributed by atoms with Crippen molar-refractivity contribution < 1.29 is 22.8 Å². The maximum atomic E-state index is 12.4. The zero-order chi connectivity index (χ0) is 16.2. The van der Waals surface area contributed by atoms with Gasteiger partial charge in [-0.05, 0) is 12.1 Å². The van der Waals surface area contributed by atoms with E-state index < -0.39 is 20.6 Å². The summed E-state index contributed by atoms with van der Waals surface area (Å²) in [7, 11) is -3.83. The van der Waals surface area contributed by atoms with E-state index in [1.165, 1.54) is 16.4 Å². The van der Waals surface area contributed by atoms with Gasteiger partial charge in [0.05, 0.1) is 23.0 Å². The maximum Gasteiger partial charge on any atom is 0.312 e. The molecular formula is C12H13N3O6S. The van der Waals surface area contributed by atoms with Gasteiger partial charge in [-0.2, -0.15) is 9.57 Å². The smallest absolute Gasteiger partial charge is 0.312 e. The third kappa shape index (κ3) is 3.33. The second-order valence-corrected chi connectivity index (χ2v) is 6.29.